The lowest BCUT2D eigenvalue weighted by Crippen LogP contribution is -2.10. The first-order chi connectivity index (χ1) is 8.63. The fourth-order valence-corrected chi connectivity index (χ4v) is 2.54. The molecule has 0 atom stereocenters. The molecule has 0 saturated carbocycles. The maximum Gasteiger partial charge on any atom is 0.220 e. The Hall–Kier alpha value is -1.64. The van der Waals surface area contributed by atoms with Crippen molar-refractivity contribution in [3.63, 3.8) is 0 Å². The summed E-state index contributed by atoms with van der Waals surface area (Å²) >= 11 is 0. The number of fused-ring (bicyclic) bond motifs is 1. The number of pyridine rings is 1. The van der Waals surface area contributed by atoms with E-state index in [0.717, 1.165) is 24.1 Å². The molecule has 0 radical (unpaired) electrons. The van der Waals surface area contributed by atoms with E-state index >= 15 is 0 Å². The summed E-state index contributed by atoms with van der Waals surface area (Å²) in [6.07, 6.45) is 7.98. The summed E-state index contributed by atoms with van der Waals surface area (Å²) in [4.78, 5) is 15.6. The molecule has 96 valence electrons. The second kappa shape index (κ2) is 5.34. The first-order valence-electron chi connectivity index (χ1n) is 6.38. The van der Waals surface area contributed by atoms with Gasteiger partial charge in [-0.2, -0.15) is 0 Å². The fraction of sp³-hybridized carbons (Fsp3) is 0.467. The number of ether oxygens (including phenoxy) is 1. The maximum atomic E-state index is 11.1. The third kappa shape index (κ3) is 2.45. The molecule has 0 aliphatic heterocycles. The second-order valence-corrected chi connectivity index (χ2v) is 4.73. The lowest BCUT2D eigenvalue weighted by Gasteiger charge is -2.21. The number of nitrogens with zero attached hydrogens (tertiary/aromatic N) is 1. The lowest BCUT2D eigenvalue weighted by molar-refractivity contribution is -0.112. The van der Waals surface area contributed by atoms with E-state index in [1.807, 2.05) is 13.0 Å². The van der Waals surface area contributed by atoms with Gasteiger partial charge in [-0.15, -0.1) is 0 Å². The molecule has 0 amide bonds. The predicted molar refractivity (Wildman–Crippen MR) is 71.9 cm³/mol. The van der Waals surface area contributed by atoms with Crippen molar-refractivity contribution in [1.29, 1.82) is 0 Å². The Morgan fingerprint density at radius 3 is 2.56 bits per heavy atom. The number of carbonyl (C=O) groups is 1. The fourth-order valence-electron chi connectivity index (χ4n) is 2.54. The van der Waals surface area contributed by atoms with E-state index in [2.05, 4.69) is 4.98 Å². The van der Waals surface area contributed by atoms with Gasteiger partial charge in [-0.1, -0.05) is 0 Å². The molecule has 0 bridgehead atoms. The standard InChI is InChI=1S/C15H19NO2/c1-10(17)8-9-14-13-7-5-4-6-12(13)11(2)16-15(14)18-3/h8-9H,4-7H2,1-3H3/b9-8+. The van der Waals surface area contributed by atoms with Gasteiger partial charge in [0.25, 0.3) is 0 Å². The van der Waals surface area contributed by atoms with Gasteiger partial charge in [-0.3, -0.25) is 4.79 Å². The number of carbonyl (C=O) groups excluding carboxylic acids is 1. The largest absolute Gasteiger partial charge is 0.481 e. The van der Waals surface area contributed by atoms with Crippen molar-refractivity contribution in [2.45, 2.75) is 39.5 Å². The Labute approximate surface area is 108 Å². The van der Waals surface area contributed by atoms with Crippen LogP contribution in [0.2, 0.25) is 0 Å². The SMILES string of the molecule is COc1nc(C)c2c(c1/C=C/C(C)=O)CCCC2. The molecule has 0 unspecified atom stereocenters. The van der Waals surface area contributed by atoms with Gasteiger partial charge in [0.2, 0.25) is 5.88 Å². The Morgan fingerprint density at radius 2 is 1.94 bits per heavy atom. The van der Waals surface area contributed by atoms with Crippen LogP contribution in [0.1, 0.15) is 42.1 Å². The molecule has 0 aromatic carbocycles. The highest BCUT2D eigenvalue weighted by Crippen LogP contribution is 2.32. The van der Waals surface area contributed by atoms with E-state index in [-0.39, 0.29) is 5.78 Å². The van der Waals surface area contributed by atoms with Gasteiger partial charge in [-0.25, -0.2) is 4.98 Å². The highest BCUT2D eigenvalue weighted by Gasteiger charge is 2.19. The zero-order valence-electron chi connectivity index (χ0n) is 11.2. The van der Waals surface area contributed by atoms with E-state index in [0.29, 0.717) is 5.88 Å². The minimum atomic E-state index is 0.0437. The molecule has 3 heteroatoms. The monoisotopic (exact) mass is 245 g/mol. The molecule has 1 aromatic rings. The van der Waals surface area contributed by atoms with Gasteiger partial charge in [0.05, 0.1) is 7.11 Å². The normalized spacial score (nSPS) is 14.6. The van der Waals surface area contributed by atoms with Crippen LogP contribution in [0, 0.1) is 6.92 Å². The van der Waals surface area contributed by atoms with Crippen molar-refractivity contribution >= 4 is 11.9 Å². The number of aryl methyl sites for hydroxylation is 1. The first-order valence-corrected chi connectivity index (χ1v) is 6.38. The van der Waals surface area contributed by atoms with E-state index in [9.17, 15) is 4.79 Å². The summed E-state index contributed by atoms with van der Waals surface area (Å²) in [7, 11) is 1.63. The van der Waals surface area contributed by atoms with Crippen LogP contribution in [-0.4, -0.2) is 17.9 Å². The van der Waals surface area contributed by atoms with Crippen molar-refractivity contribution in [3.05, 3.63) is 28.5 Å². The number of allylic oxidation sites excluding steroid dienone is 1. The van der Waals surface area contributed by atoms with Gasteiger partial charge in [0.15, 0.2) is 5.78 Å². The molecule has 1 aromatic heterocycles. The van der Waals surface area contributed by atoms with Crippen LogP contribution in [0.15, 0.2) is 6.08 Å². The third-order valence-electron chi connectivity index (χ3n) is 3.41. The van der Waals surface area contributed by atoms with Crippen molar-refractivity contribution in [2.75, 3.05) is 7.11 Å². The molecule has 0 N–H and O–H groups in total. The van der Waals surface area contributed by atoms with E-state index in [4.69, 9.17) is 4.74 Å². The summed E-state index contributed by atoms with van der Waals surface area (Å²) in [5, 5.41) is 0. The van der Waals surface area contributed by atoms with Crippen LogP contribution in [0.25, 0.3) is 6.08 Å². The summed E-state index contributed by atoms with van der Waals surface area (Å²) in [5.74, 6) is 0.674. The third-order valence-corrected chi connectivity index (χ3v) is 3.41. The number of hydrogen-bond donors (Lipinski definition) is 0. The summed E-state index contributed by atoms with van der Waals surface area (Å²) in [5.41, 5.74) is 4.68. The number of methoxy groups -OCH3 is 1. The summed E-state index contributed by atoms with van der Waals surface area (Å²) in [6, 6.07) is 0. The Balaban J connectivity index is 2.57. The van der Waals surface area contributed by atoms with Crippen molar-refractivity contribution in [3.8, 4) is 5.88 Å². The van der Waals surface area contributed by atoms with Crippen LogP contribution < -0.4 is 4.74 Å². The van der Waals surface area contributed by atoms with E-state index < -0.39 is 0 Å². The minimum absolute atomic E-state index is 0.0437. The molecular weight excluding hydrogens is 226 g/mol. The second-order valence-electron chi connectivity index (χ2n) is 4.73. The Kier molecular flexibility index (Phi) is 3.80. The van der Waals surface area contributed by atoms with Crippen molar-refractivity contribution in [2.24, 2.45) is 0 Å². The summed E-state index contributed by atoms with van der Waals surface area (Å²) < 4.78 is 5.35. The maximum absolute atomic E-state index is 11.1. The number of aromatic nitrogens is 1. The van der Waals surface area contributed by atoms with E-state index in [1.54, 1.807) is 20.1 Å². The number of rotatable bonds is 3. The predicted octanol–water partition coefficient (Wildman–Crippen LogP) is 2.88. The van der Waals surface area contributed by atoms with Gasteiger partial charge in [0.1, 0.15) is 0 Å². The molecule has 0 fully saturated rings. The molecule has 0 saturated heterocycles. The van der Waals surface area contributed by atoms with Crippen LogP contribution >= 0.6 is 0 Å². The van der Waals surface area contributed by atoms with Crippen LogP contribution in [0.3, 0.4) is 0 Å². The van der Waals surface area contributed by atoms with Crippen molar-refractivity contribution in [1.82, 2.24) is 4.98 Å². The van der Waals surface area contributed by atoms with Crippen molar-refractivity contribution < 1.29 is 9.53 Å². The number of ketones is 1. The highest BCUT2D eigenvalue weighted by molar-refractivity contribution is 5.92. The van der Waals surface area contributed by atoms with E-state index in [1.165, 1.54) is 24.0 Å². The molecule has 1 aliphatic rings. The number of hydrogen-bond acceptors (Lipinski definition) is 3. The van der Waals surface area contributed by atoms with Gasteiger partial charge < -0.3 is 4.74 Å². The molecule has 2 rings (SSSR count). The molecular formula is C15H19NO2. The average Bonchev–Trinajstić information content (AvgIpc) is 2.37. The average molecular weight is 245 g/mol. The molecule has 1 aliphatic carbocycles. The van der Waals surface area contributed by atoms with Gasteiger partial charge >= 0.3 is 0 Å². The Bertz CT molecular complexity index is 504. The molecule has 3 nitrogen and oxygen atoms in total. The smallest absolute Gasteiger partial charge is 0.220 e. The quantitative estimate of drug-likeness (QED) is 0.769. The van der Waals surface area contributed by atoms with Crippen LogP contribution in [-0.2, 0) is 17.6 Å². The Morgan fingerprint density at radius 1 is 1.28 bits per heavy atom. The summed E-state index contributed by atoms with van der Waals surface area (Å²) in [6.45, 7) is 3.59. The zero-order valence-corrected chi connectivity index (χ0v) is 11.2. The van der Waals surface area contributed by atoms with Crippen LogP contribution in [0.5, 0.6) is 5.88 Å². The first kappa shape index (κ1) is 12.8. The highest BCUT2D eigenvalue weighted by atomic mass is 16.5. The van der Waals surface area contributed by atoms with Gasteiger partial charge in [-0.05, 0) is 62.8 Å². The topological polar surface area (TPSA) is 39.2 Å². The molecule has 1 heterocycles. The lowest BCUT2D eigenvalue weighted by atomic mass is 9.87. The molecule has 18 heavy (non-hydrogen) atoms. The molecule has 0 spiro atoms. The van der Waals surface area contributed by atoms with Crippen LogP contribution in [0.4, 0.5) is 0 Å². The minimum Gasteiger partial charge on any atom is -0.481 e. The van der Waals surface area contributed by atoms with Gasteiger partial charge in [0, 0.05) is 11.3 Å². The zero-order chi connectivity index (χ0) is 13.1.